The van der Waals surface area contributed by atoms with Crippen molar-refractivity contribution in [3.8, 4) is 16.2 Å². The fourth-order valence-corrected chi connectivity index (χ4v) is 2.83. The monoisotopic (exact) mass is 313 g/mol. The van der Waals surface area contributed by atoms with Crippen LogP contribution in [0.5, 0.6) is 5.75 Å². The van der Waals surface area contributed by atoms with E-state index in [1.165, 1.54) is 11.3 Å². The van der Waals surface area contributed by atoms with Gasteiger partial charge in [-0.25, -0.2) is 9.78 Å². The van der Waals surface area contributed by atoms with Crippen LogP contribution in [0.3, 0.4) is 0 Å². The number of hydrogen-bond acceptors (Lipinski definition) is 4. The Bertz CT molecular complexity index is 550. The Labute approximate surface area is 110 Å². The van der Waals surface area contributed by atoms with Gasteiger partial charge in [0.2, 0.25) is 0 Å². The van der Waals surface area contributed by atoms with Crippen LogP contribution in [0.2, 0.25) is 0 Å². The maximum absolute atomic E-state index is 11.0. The summed E-state index contributed by atoms with van der Waals surface area (Å²) in [6, 6.07) is 7.19. The van der Waals surface area contributed by atoms with E-state index in [4.69, 9.17) is 9.84 Å². The highest BCUT2D eigenvalue weighted by molar-refractivity contribution is 9.11. The molecule has 0 amide bonds. The molecule has 17 heavy (non-hydrogen) atoms. The van der Waals surface area contributed by atoms with Gasteiger partial charge in [-0.1, -0.05) is 0 Å². The standard InChI is InChI=1S/C11H8BrNO3S/c1-16-7-4-2-6(3-5-7)9-8(10(14)15)13-11(12)17-9/h2-5H,1H3,(H,14,15). The Morgan fingerprint density at radius 3 is 2.59 bits per heavy atom. The van der Waals surface area contributed by atoms with Crippen LogP contribution in [-0.2, 0) is 0 Å². The van der Waals surface area contributed by atoms with E-state index in [1.54, 1.807) is 19.2 Å². The van der Waals surface area contributed by atoms with Crippen molar-refractivity contribution >= 4 is 33.2 Å². The molecule has 0 aliphatic heterocycles. The minimum absolute atomic E-state index is 0.0621. The molecule has 0 saturated heterocycles. The van der Waals surface area contributed by atoms with Gasteiger partial charge >= 0.3 is 5.97 Å². The minimum atomic E-state index is -1.03. The Morgan fingerprint density at radius 1 is 1.41 bits per heavy atom. The van der Waals surface area contributed by atoms with E-state index in [2.05, 4.69) is 20.9 Å². The Kier molecular flexibility index (Phi) is 3.44. The smallest absolute Gasteiger partial charge is 0.356 e. The fraction of sp³-hybridized carbons (Fsp3) is 0.0909. The normalized spacial score (nSPS) is 10.2. The van der Waals surface area contributed by atoms with Gasteiger partial charge in [-0.15, -0.1) is 11.3 Å². The molecule has 1 aromatic heterocycles. The van der Waals surface area contributed by atoms with Crippen LogP contribution in [0, 0.1) is 0 Å². The van der Waals surface area contributed by atoms with Crippen LogP contribution in [0.4, 0.5) is 0 Å². The first-order valence-corrected chi connectivity index (χ1v) is 6.27. The van der Waals surface area contributed by atoms with Gasteiger partial charge in [0.15, 0.2) is 9.61 Å². The van der Waals surface area contributed by atoms with Gasteiger partial charge in [-0.3, -0.25) is 0 Å². The molecular formula is C11H8BrNO3S. The number of halogens is 1. The summed E-state index contributed by atoms with van der Waals surface area (Å²) in [5.41, 5.74) is 0.874. The summed E-state index contributed by atoms with van der Waals surface area (Å²) in [6.45, 7) is 0. The molecule has 1 aromatic carbocycles. The molecule has 88 valence electrons. The van der Waals surface area contributed by atoms with Crippen LogP contribution in [0.1, 0.15) is 10.5 Å². The largest absolute Gasteiger partial charge is 0.497 e. The number of methoxy groups -OCH3 is 1. The van der Waals surface area contributed by atoms with E-state index in [-0.39, 0.29) is 5.69 Å². The van der Waals surface area contributed by atoms with E-state index in [0.717, 1.165) is 11.3 Å². The number of benzene rings is 1. The third-order valence-corrected chi connectivity index (χ3v) is 3.71. The number of hydrogen-bond donors (Lipinski definition) is 1. The van der Waals surface area contributed by atoms with Gasteiger partial charge in [0.05, 0.1) is 12.0 Å². The highest BCUT2D eigenvalue weighted by atomic mass is 79.9. The number of ether oxygens (including phenoxy) is 1. The zero-order chi connectivity index (χ0) is 12.4. The maximum Gasteiger partial charge on any atom is 0.356 e. The number of nitrogens with zero attached hydrogens (tertiary/aromatic N) is 1. The molecule has 0 bridgehead atoms. The summed E-state index contributed by atoms with van der Waals surface area (Å²) in [4.78, 5) is 15.6. The van der Waals surface area contributed by atoms with E-state index in [9.17, 15) is 4.79 Å². The lowest BCUT2D eigenvalue weighted by molar-refractivity contribution is 0.0692. The quantitative estimate of drug-likeness (QED) is 0.944. The summed E-state index contributed by atoms with van der Waals surface area (Å²) >= 11 is 4.49. The number of carbonyl (C=O) groups is 1. The Hall–Kier alpha value is -1.40. The second-order valence-corrected chi connectivity index (χ2v) is 5.45. The van der Waals surface area contributed by atoms with Crippen molar-refractivity contribution in [1.82, 2.24) is 4.98 Å². The number of rotatable bonds is 3. The summed E-state index contributed by atoms with van der Waals surface area (Å²) in [7, 11) is 1.58. The zero-order valence-electron chi connectivity index (χ0n) is 8.81. The summed E-state index contributed by atoms with van der Waals surface area (Å²) in [5.74, 6) is -0.299. The number of carboxylic acids is 1. The van der Waals surface area contributed by atoms with Crippen LogP contribution < -0.4 is 4.74 Å². The predicted octanol–water partition coefficient (Wildman–Crippen LogP) is 3.28. The maximum atomic E-state index is 11.0. The highest BCUT2D eigenvalue weighted by Gasteiger charge is 2.17. The van der Waals surface area contributed by atoms with Gasteiger partial charge in [0, 0.05) is 0 Å². The lowest BCUT2D eigenvalue weighted by Gasteiger charge is -2.01. The summed E-state index contributed by atoms with van der Waals surface area (Å²) in [5, 5.41) is 9.04. The van der Waals surface area contributed by atoms with Crippen molar-refractivity contribution in [3.63, 3.8) is 0 Å². The number of aromatic nitrogens is 1. The molecule has 0 aliphatic rings. The molecule has 6 heteroatoms. The minimum Gasteiger partial charge on any atom is -0.497 e. The van der Waals surface area contributed by atoms with Crippen molar-refractivity contribution in [2.24, 2.45) is 0 Å². The average Bonchev–Trinajstić information content (AvgIpc) is 2.72. The van der Waals surface area contributed by atoms with Gasteiger partial charge in [-0.05, 0) is 45.8 Å². The molecule has 1 heterocycles. The van der Waals surface area contributed by atoms with Crippen LogP contribution in [-0.4, -0.2) is 23.2 Å². The highest BCUT2D eigenvalue weighted by Crippen LogP contribution is 2.33. The van der Waals surface area contributed by atoms with Crippen LogP contribution >= 0.6 is 27.3 Å². The lowest BCUT2D eigenvalue weighted by atomic mass is 10.1. The fourth-order valence-electron chi connectivity index (χ4n) is 1.38. The predicted molar refractivity (Wildman–Crippen MR) is 68.8 cm³/mol. The first kappa shape index (κ1) is 12.1. The van der Waals surface area contributed by atoms with Crippen molar-refractivity contribution in [2.45, 2.75) is 0 Å². The topological polar surface area (TPSA) is 59.4 Å². The molecule has 0 aliphatic carbocycles. The molecule has 0 spiro atoms. The molecule has 0 saturated carbocycles. The molecule has 0 fully saturated rings. The third-order valence-electron chi connectivity index (χ3n) is 2.16. The average molecular weight is 314 g/mol. The summed E-state index contributed by atoms with van der Waals surface area (Å²) in [6.07, 6.45) is 0. The second kappa shape index (κ2) is 4.85. The van der Waals surface area contributed by atoms with Gasteiger partial charge in [0.25, 0.3) is 0 Å². The van der Waals surface area contributed by atoms with Crippen molar-refractivity contribution in [3.05, 3.63) is 33.9 Å². The van der Waals surface area contributed by atoms with Crippen molar-refractivity contribution in [2.75, 3.05) is 7.11 Å². The second-order valence-electron chi connectivity index (χ2n) is 3.18. The lowest BCUT2D eigenvalue weighted by Crippen LogP contribution is -1.98. The van der Waals surface area contributed by atoms with Gasteiger partial charge in [0.1, 0.15) is 5.75 Å². The summed E-state index contributed by atoms with van der Waals surface area (Å²) < 4.78 is 5.61. The van der Waals surface area contributed by atoms with E-state index < -0.39 is 5.97 Å². The van der Waals surface area contributed by atoms with E-state index in [0.29, 0.717) is 8.79 Å². The molecule has 4 nitrogen and oxygen atoms in total. The molecule has 0 radical (unpaired) electrons. The SMILES string of the molecule is COc1ccc(-c2sc(Br)nc2C(=O)O)cc1. The Balaban J connectivity index is 2.48. The van der Waals surface area contributed by atoms with Gasteiger partial charge in [-0.2, -0.15) is 0 Å². The molecular weight excluding hydrogens is 306 g/mol. The van der Waals surface area contributed by atoms with E-state index in [1.807, 2.05) is 12.1 Å². The first-order valence-electron chi connectivity index (χ1n) is 4.66. The van der Waals surface area contributed by atoms with Crippen LogP contribution in [0.15, 0.2) is 28.2 Å². The molecule has 0 unspecified atom stereocenters. The molecule has 0 atom stereocenters. The third kappa shape index (κ3) is 2.48. The van der Waals surface area contributed by atoms with Crippen LogP contribution in [0.25, 0.3) is 10.4 Å². The number of thiazole rings is 1. The van der Waals surface area contributed by atoms with Crippen molar-refractivity contribution < 1.29 is 14.6 Å². The number of carboxylic acid groups (broad SMARTS) is 1. The molecule has 2 rings (SSSR count). The van der Waals surface area contributed by atoms with E-state index >= 15 is 0 Å². The molecule has 1 N–H and O–H groups in total. The molecule has 2 aromatic rings. The zero-order valence-corrected chi connectivity index (χ0v) is 11.2. The van der Waals surface area contributed by atoms with Crippen molar-refractivity contribution in [1.29, 1.82) is 0 Å². The first-order chi connectivity index (χ1) is 8.11. The van der Waals surface area contributed by atoms with Gasteiger partial charge < -0.3 is 9.84 Å². The Morgan fingerprint density at radius 2 is 2.06 bits per heavy atom. The number of aromatic carboxylic acids is 1.